The lowest BCUT2D eigenvalue weighted by Crippen LogP contribution is -2.34. The molecule has 1 atom stereocenters. The highest BCUT2D eigenvalue weighted by molar-refractivity contribution is 5.80. The summed E-state index contributed by atoms with van der Waals surface area (Å²) < 4.78 is 20.3. The summed E-state index contributed by atoms with van der Waals surface area (Å²) in [4.78, 5) is 34.2. The topological polar surface area (TPSA) is 126 Å². The highest BCUT2D eigenvalue weighted by Crippen LogP contribution is 2.06. The molecule has 0 fully saturated rings. The standard InChI is InChI=1S/C18H34N2O7/c1-18(2,3)27-17(23)20-9-11-26-13-12-25-10-5-6-14(21)7-8-15(19)16(22)24-4/h15H,5-13,19H2,1-4H3,(H,20,23)/t15-/m0/s1. The lowest BCUT2D eigenvalue weighted by Gasteiger charge is -2.19. The minimum atomic E-state index is -0.753. The monoisotopic (exact) mass is 390 g/mol. The summed E-state index contributed by atoms with van der Waals surface area (Å²) in [6, 6.07) is -0.753. The number of hydrogen-bond acceptors (Lipinski definition) is 8. The first kappa shape index (κ1) is 25.3. The van der Waals surface area contributed by atoms with Gasteiger partial charge in [0.15, 0.2) is 0 Å². The van der Waals surface area contributed by atoms with E-state index in [9.17, 15) is 14.4 Å². The predicted molar refractivity (Wildman–Crippen MR) is 99.3 cm³/mol. The molecule has 158 valence electrons. The Morgan fingerprint density at radius 1 is 1.00 bits per heavy atom. The van der Waals surface area contributed by atoms with E-state index in [0.717, 1.165) is 0 Å². The van der Waals surface area contributed by atoms with Crippen LogP contribution < -0.4 is 11.1 Å². The fourth-order valence-corrected chi connectivity index (χ4v) is 1.94. The number of amides is 1. The molecule has 0 aromatic carbocycles. The average molecular weight is 390 g/mol. The maximum Gasteiger partial charge on any atom is 0.407 e. The number of nitrogens with one attached hydrogen (secondary N) is 1. The summed E-state index contributed by atoms with van der Waals surface area (Å²) in [5.41, 5.74) is 5.05. The van der Waals surface area contributed by atoms with Crippen molar-refractivity contribution in [3.63, 3.8) is 0 Å². The molecule has 9 nitrogen and oxygen atoms in total. The molecule has 0 aromatic rings. The summed E-state index contributed by atoms with van der Waals surface area (Å²) in [5.74, 6) is -0.463. The highest BCUT2D eigenvalue weighted by atomic mass is 16.6. The number of rotatable bonds is 14. The Kier molecular flexibility index (Phi) is 13.5. The Bertz CT molecular complexity index is 449. The van der Waals surface area contributed by atoms with E-state index in [4.69, 9.17) is 19.9 Å². The smallest absolute Gasteiger partial charge is 0.407 e. The summed E-state index contributed by atoms with van der Waals surface area (Å²) in [7, 11) is 1.27. The van der Waals surface area contributed by atoms with Gasteiger partial charge in [-0.2, -0.15) is 0 Å². The maximum atomic E-state index is 11.7. The lowest BCUT2D eigenvalue weighted by atomic mass is 10.1. The van der Waals surface area contributed by atoms with Gasteiger partial charge in [0.25, 0.3) is 0 Å². The minimum absolute atomic E-state index is 0.0439. The van der Waals surface area contributed by atoms with Crippen LogP contribution in [0, 0.1) is 0 Å². The molecule has 0 unspecified atom stereocenters. The van der Waals surface area contributed by atoms with E-state index in [-0.39, 0.29) is 18.6 Å². The number of methoxy groups -OCH3 is 1. The number of carbonyl (C=O) groups excluding carboxylic acids is 3. The third-order valence-corrected chi connectivity index (χ3v) is 3.27. The van der Waals surface area contributed by atoms with E-state index >= 15 is 0 Å². The maximum absolute atomic E-state index is 11.7. The van der Waals surface area contributed by atoms with Crippen molar-refractivity contribution in [2.45, 2.75) is 58.1 Å². The normalized spacial score (nSPS) is 12.3. The SMILES string of the molecule is COC(=O)[C@@H](N)CCC(=O)CCCOCCOCCNC(=O)OC(C)(C)C. The Labute approximate surface area is 161 Å². The van der Waals surface area contributed by atoms with Crippen LogP contribution in [-0.2, 0) is 28.5 Å². The molecular formula is C18H34N2O7. The molecule has 0 saturated heterocycles. The minimum Gasteiger partial charge on any atom is -0.468 e. The first-order valence-electron chi connectivity index (χ1n) is 9.13. The van der Waals surface area contributed by atoms with Crippen LogP contribution in [0.25, 0.3) is 0 Å². The van der Waals surface area contributed by atoms with Crippen molar-refractivity contribution in [1.82, 2.24) is 5.32 Å². The summed E-state index contributed by atoms with van der Waals surface area (Å²) in [5, 5.41) is 2.59. The van der Waals surface area contributed by atoms with Crippen LogP contribution in [0.15, 0.2) is 0 Å². The lowest BCUT2D eigenvalue weighted by molar-refractivity contribution is -0.142. The largest absolute Gasteiger partial charge is 0.468 e. The zero-order valence-corrected chi connectivity index (χ0v) is 16.9. The quantitative estimate of drug-likeness (QED) is 0.334. The number of nitrogens with two attached hydrogens (primary N) is 1. The van der Waals surface area contributed by atoms with Crippen LogP contribution >= 0.6 is 0 Å². The Hall–Kier alpha value is -1.71. The number of carbonyl (C=O) groups is 3. The van der Waals surface area contributed by atoms with E-state index < -0.39 is 23.7 Å². The third-order valence-electron chi connectivity index (χ3n) is 3.27. The van der Waals surface area contributed by atoms with E-state index in [1.807, 2.05) is 0 Å². The molecule has 3 N–H and O–H groups in total. The van der Waals surface area contributed by atoms with Crippen LogP contribution in [0.2, 0.25) is 0 Å². The Balaban J connectivity index is 3.44. The summed E-state index contributed by atoms with van der Waals surface area (Å²) in [6.45, 7) is 7.38. The average Bonchev–Trinajstić information content (AvgIpc) is 2.58. The molecule has 0 aliphatic carbocycles. The first-order valence-corrected chi connectivity index (χ1v) is 9.13. The van der Waals surface area contributed by atoms with Gasteiger partial charge in [0.2, 0.25) is 0 Å². The van der Waals surface area contributed by atoms with Crippen LogP contribution in [0.3, 0.4) is 0 Å². The van der Waals surface area contributed by atoms with Gasteiger partial charge in [-0.3, -0.25) is 9.59 Å². The van der Waals surface area contributed by atoms with Crippen molar-refractivity contribution in [2.24, 2.45) is 5.73 Å². The molecule has 27 heavy (non-hydrogen) atoms. The number of ether oxygens (including phenoxy) is 4. The Morgan fingerprint density at radius 2 is 1.63 bits per heavy atom. The molecule has 0 aliphatic heterocycles. The molecule has 0 aromatic heterocycles. The number of esters is 1. The van der Waals surface area contributed by atoms with Crippen LogP contribution in [0.5, 0.6) is 0 Å². The van der Waals surface area contributed by atoms with Gasteiger partial charge in [0.1, 0.15) is 17.4 Å². The zero-order valence-electron chi connectivity index (χ0n) is 16.9. The molecule has 0 bridgehead atoms. The number of ketones is 1. The van der Waals surface area contributed by atoms with Gasteiger partial charge in [-0.25, -0.2) is 4.79 Å². The molecule has 1 amide bonds. The van der Waals surface area contributed by atoms with Gasteiger partial charge < -0.3 is 30.0 Å². The number of alkyl carbamates (subject to hydrolysis) is 1. The number of hydrogen-bond donors (Lipinski definition) is 2. The van der Waals surface area contributed by atoms with Crippen LogP contribution in [0.1, 0.15) is 46.5 Å². The van der Waals surface area contributed by atoms with Crippen molar-refractivity contribution >= 4 is 17.8 Å². The number of Topliss-reactive ketones (excluding diaryl/α,β-unsaturated/α-hetero) is 1. The van der Waals surface area contributed by atoms with Crippen LogP contribution in [-0.4, -0.2) is 69.6 Å². The highest BCUT2D eigenvalue weighted by Gasteiger charge is 2.16. The fraction of sp³-hybridized carbons (Fsp3) is 0.833. The van der Waals surface area contributed by atoms with Gasteiger partial charge in [0.05, 0.1) is 26.9 Å². The summed E-state index contributed by atoms with van der Waals surface area (Å²) >= 11 is 0. The molecule has 0 heterocycles. The van der Waals surface area contributed by atoms with Crippen molar-refractivity contribution in [3.8, 4) is 0 Å². The fourth-order valence-electron chi connectivity index (χ4n) is 1.94. The molecule has 0 radical (unpaired) electrons. The van der Waals surface area contributed by atoms with Crippen LogP contribution in [0.4, 0.5) is 4.79 Å². The van der Waals surface area contributed by atoms with Crippen molar-refractivity contribution < 1.29 is 33.3 Å². The van der Waals surface area contributed by atoms with E-state index in [1.165, 1.54) is 7.11 Å². The van der Waals surface area contributed by atoms with Gasteiger partial charge >= 0.3 is 12.1 Å². The molecule has 0 aliphatic rings. The van der Waals surface area contributed by atoms with Crippen molar-refractivity contribution in [3.05, 3.63) is 0 Å². The predicted octanol–water partition coefficient (Wildman–Crippen LogP) is 1.17. The van der Waals surface area contributed by atoms with Gasteiger partial charge in [-0.15, -0.1) is 0 Å². The van der Waals surface area contributed by atoms with Gasteiger partial charge in [0, 0.05) is 26.0 Å². The second kappa shape index (κ2) is 14.4. The van der Waals surface area contributed by atoms with Gasteiger partial charge in [-0.05, 0) is 33.6 Å². The van der Waals surface area contributed by atoms with Crippen molar-refractivity contribution in [1.29, 1.82) is 0 Å². The second-order valence-electron chi connectivity index (χ2n) is 6.96. The second-order valence-corrected chi connectivity index (χ2v) is 6.96. The van der Waals surface area contributed by atoms with Gasteiger partial charge in [-0.1, -0.05) is 0 Å². The Morgan fingerprint density at radius 3 is 2.22 bits per heavy atom. The van der Waals surface area contributed by atoms with E-state index in [2.05, 4.69) is 10.1 Å². The molecule has 0 rings (SSSR count). The van der Waals surface area contributed by atoms with E-state index in [1.54, 1.807) is 20.8 Å². The molecular weight excluding hydrogens is 356 g/mol. The summed E-state index contributed by atoms with van der Waals surface area (Å²) in [6.07, 6.45) is 1.06. The molecule has 0 saturated carbocycles. The molecule has 0 spiro atoms. The first-order chi connectivity index (χ1) is 12.7. The zero-order chi connectivity index (χ0) is 20.7. The third kappa shape index (κ3) is 16.2. The van der Waals surface area contributed by atoms with Crippen molar-refractivity contribution in [2.75, 3.05) is 40.1 Å². The van der Waals surface area contributed by atoms with E-state index in [0.29, 0.717) is 45.8 Å². The molecule has 9 heteroatoms.